The number of carboxylic acids is 2. The van der Waals surface area contributed by atoms with Crippen LogP contribution < -0.4 is 0 Å². The van der Waals surface area contributed by atoms with Gasteiger partial charge in [-0.2, -0.15) is 13.2 Å². The summed E-state index contributed by atoms with van der Waals surface area (Å²) in [6.07, 6.45) is 2.01. The van der Waals surface area contributed by atoms with Gasteiger partial charge in [-0.3, -0.25) is 9.69 Å². The maximum Gasteiger partial charge on any atom is 0.490 e. The Labute approximate surface area is 286 Å². The molecule has 0 spiro atoms. The van der Waals surface area contributed by atoms with E-state index in [2.05, 4.69) is 29.2 Å². The number of amides is 1. The van der Waals surface area contributed by atoms with E-state index in [0.717, 1.165) is 78.7 Å². The van der Waals surface area contributed by atoms with Gasteiger partial charge in [-0.15, -0.1) is 0 Å². The number of likely N-dealkylation sites (N-methyl/N-ethyl adjacent to an activating group) is 1. The van der Waals surface area contributed by atoms with E-state index in [1.54, 1.807) is 37.2 Å². The quantitative estimate of drug-likeness (QED) is 0.233. The second kappa shape index (κ2) is 15.9. The van der Waals surface area contributed by atoms with Gasteiger partial charge in [0.25, 0.3) is 0 Å². The van der Waals surface area contributed by atoms with Gasteiger partial charge in [0.1, 0.15) is 0 Å². The molecule has 48 heavy (non-hydrogen) atoms. The van der Waals surface area contributed by atoms with Crippen LogP contribution in [0.4, 0.5) is 13.2 Å². The SMILES string of the molecule is CN(C)C(=O)C=CCN1CC(Cc2ccc(C3=C(c4ccc(Cl)cc4Cl)CCCc4cc(C(=O)O)ccc43)cc2)C1.O=C(O)C(F)(F)F. The minimum atomic E-state index is -5.08. The first-order valence-electron chi connectivity index (χ1n) is 15.2. The van der Waals surface area contributed by atoms with Gasteiger partial charge in [-0.1, -0.05) is 65.7 Å². The minimum Gasteiger partial charge on any atom is -0.478 e. The summed E-state index contributed by atoms with van der Waals surface area (Å²) < 4.78 is 31.7. The summed E-state index contributed by atoms with van der Waals surface area (Å²) in [5.41, 5.74) is 7.99. The molecule has 1 fully saturated rings. The van der Waals surface area contributed by atoms with E-state index in [1.807, 2.05) is 30.3 Å². The van der Waals surface area contributed by atoms with Crippen molar-refractivity contribution < 1.29 is 37.8 Å². The standard InChI is InChI=1S/C34H34Cl2N2O3.C2HF3O2/c1-37(2)32(39)7-4-16-38-20-23(21-38)17-22-8-10-24(11-9-22)33-28-14-12-26(34(40)41)18-25(28)5-3-6-30(33)29-15-13-27(35)19-31(29)36;3-2(4,5)1(6)7/h4,7-15,18-19,23H,3,5-6,16-17,20-21H2,1-2H3,(H,40,41);(H,6,7). The van der Waals surface area contributed by atoms with Crippen LogP contribution in [0.15, 0.2) is 72.8 Å². The van der Waals surface area contributed by atoms with E-state index >= 15 is 0 Å². The molecule has 1 aliphatic carbocycles. The first-order valence-corrected chi connectivity index (χ1v) is 15.9. The molecule has 0 radical (unpaired) electrons. The molecule has 1 amide bonds. The van der Waals surface area contributed by atoms with Crippen molar-refractivity contribution in [2.24, 2.45) is 5.92 Å². The number of benzene rings is 3. The fraction of sp³-hybridized carbons (Fsp3) is 0.306. The summed E-state index contributed by atoms with van der Waals surface area (Å²) in [6.45, 7) is 2.83. The Balaban J connectivity index is 0.000000671. The van der Waals surface area contributed by atoms with Crippen LogP contribution in [-0.4, -0.2) is 77.8 Å². The number of alkyl halides is 3. The number of carbonyl (C=O) groups excluding carboxylic acids is 1. The molecular weight excluding hydrogens is 668 g/mol. The van der Waals surface area contributed by atoms with Crippen molar-refractivity contribution in [3.8, 4) is 0 Å². The number of aromatic carboxylic acids is 1. The lowest BCUT2D eigenvalue weighted by atomic mass is 9.86. The van der Waals surface area contributed by atoms with Crippen LogP contribution in [0.2, 0.25) is 10.0 Å². The van der Waals surface area contributed by atoms with Gasteiger partial charge in [0.05, 0.1) is 5.56 Å². The third-order valence-corrected chi connectivity index (χ3v) is 8.71. The Bertz CT molecular complexity index is 1730. The van der Waals surface area contributed by atoms with Crippen LogP contribution in [0, 0.1) is 5.92 Å². The summed E-state index contributed by atoms with van der Waals surface area (Å²) in [7, 11) is 3.51. The number of carbonyl (C=O) groups is 3. The zero-order valence-corrected chi connectivity index (χ0v) is 27.9. The van der Waals surface area contributed by atoms with Crippen LogP contribution in [0.1, 0.15) is 51.0 Å². The van der Waals surface area contributed by atoms with E-state index in [4.69, 9.17) is 33.1 Å². The summed E-state index contributed by atoms with van der Waals surface area (Å²) in [5.74, 6) is -3.07. The van der Waals surface area contributed by atoms with Crippen molar-refractivity contribution in [1.82, 2.24) is 9.80 Å². The smallest absolute Gasteiger partial charge is 0.478 e. The second-order valence-electron chi connectivity index (χ2n) is 11.9. The Morgan fingerprint density at radius 2 is 1.58 bits per heavy atom. The fourth-order valence-corrected chi connectivity index (χ4v) is 6.32. The molecule has 2 aliphatic rings. The largest absolute Gasteiger partial charge is 0.490 e. The van der Waals surface area contributed by atoms with Crippen LogP contribution >= 0.6 is 23.2 Å². The number of carboxylic acid groups (broad SMARTS) is 2. The number of hydrogen-bond donors (Lipinski definition) is 2. The molecular formula is C36H35Cl2F3N2O5. The summed E-state index contributed by atoms with van der Waals surface area (Å²) >= 11 is 12.9. The van der Waals surface area contributed by atoms with E-state index in [-0.39, 0.29) is 5.91 Å². The van der Waals surface area contributed by atoms with Gasteiger partial charge >= 0.3 is 18.1 Å². The Kier molecular flexibility index (Phi) is 12.1. The first-order chi connectivity index (χ1) is 22.6. The maximum atomic E-state index is 11.7. The monoisotopic (exact) mass is 702 g/mol. The highest BCUT2D eigenvalue weighted by Crippen LogP contribution is 2.42. The average molecular weight is 704 g/mol. The lowest BCUT2D eigenvalue weighted by Crippen LogP contribution is -2.47. The van der Waals surface area contributed by atoms with Gasteiger partial charge in [0, 0.05) is 49.9 Å². The van der Waals surface area contributed by atoms with Crippen molar-refractivity contribution in [2.75, 3.05) is 33.7 Å². The van der Waals surface area contributed by atoms with Crippen LogP contribution in [0.5, 0.6) is 0 Å². The summed E-state index contributed by atoms with van der Waals surface area (Å²) in [5, 5.41) is 17.9. The van der Waals surface area contributed by atoms with Crippen LogP contribution in [0.3, 0.4) is 0 Å². The number of aryl methyl sites for hydroxylation is 1. The first kappa shape index (κ1) is 36.7. The van der Waals surface area contributed by atoms with Crippen LogP contribution in [0.25, 0.3) is 11.1 Å². The highest BCUT2D eigenvalue weighted by atomic mass is 35.5. The highest BCUT2D eigenvalue weighted by Gasteiger charge is 2.38. The molecule has 5 rings (SSSR count). The molecule has 12 heteroatoms. The molecule has 2 N–H and O–H groups in total. The van der Waals surface area contributed by atoms with Gasteiger partial charge in [-0.25, -0.2) is 9.59 Å². The molecule has 0 saturated carbocycles. The molecule has 0 atom stereocenters. The van der Waals surface area contributed by atoms with Crippen molar-refractivity contribution in [2.45, 2.75) is 31.9 Å². The maximum absolute atomic E-state index is 11.7. The molecule has 0 bridgehead atoms. The molecule has 254 valence electrons. The van der Waals surface area contributed by atoms with E-state index in [1.165, 1.54) is 5.56 Å². The summed E-state index contributed by atoms with van der Waals surface area (Å²) in [6, 6.07) is 19.9. The highest BCUT2D eigenvalue weighted by molar-refractivity contribution is 6.36. The Morgan fingerprint density at radius 3 is 2.17 bits per heavy atom. The fourth-order valence-electron chi connectivity index (χ4n) is 5.80. The number of aliphatic carboxylic acids is 1. The lowest BCUT2D eigenvalue weighted by molar-refractivity contribution is -0.192. The molecule has 1 aliphatic heterocycles. The number of rotatable bonds is 8. The van der Waals surface area contributed by atoms with E-state index in [9.17, 15) is 27.9 Å². The Hall–Kier alpha value is -4.12. The molecule has 3 aromatic carbocycles. The van der Waals surface area contributed by atoms with Crippen molar-refractivity contribution in [1.29, 1.82) is 0 Å². The second-order valence-corrected chi connectivity index (χ2v) is 12.8. The average Bonchev–Trinajstić information content (AvgIpc) is 3.19. The zero-order chi connectivity index (χ0) is 35.2. The number of halogens is 5. The number of fused-ring (bicyclic) bond motifs is 1. The van der Waals surface area contributed by atoms with E-state index in [0.29, 0.717) is 21.5 Å². The third kappa shape index (κ3) is 9.49. The predicted octanol–water partition coefficient (Wildman–Crippen LogP) is 7.74. The molecule has 0 unspecified atom stereocenters. The zero-order valence-electron chi connectivity index (χ0n) is 26.4. The van der Waals surface area contributed by atoms with Gasteiger partial charge < -0.3 is 15.1 Å². The third-order valence-electron chi connectivity index (χ3n) is 8.16. The van der Waals surface area contributed by atoms with Crippen molar-refractivity contribution in [3.05, 3.63) is 116 Å². The van der Waals surface area contributed by atoms with Gasteiger partial charge in [0.2, 0.25) is 5.91 Å². The number of allylic oxidation sites excluding steroid dienone is 1. The molecule has 1 saturated heterocycles. The van der Waals surface area contributed by atoms with Crippen molar-refractivity contribution in [3.63, 3.8) is 0 Å². The normalized spacial score (nSPS) is 15.2. The molecule has 3 aromatic rings. The predicted molar refractivity (Wildman–Crippen MR) is 180 cm³/mol. The van der Waals surface area contributed by atoms with Gasteiger partial charge in [-0.05, 0) is 94.8 Å². The number of likely N-dealkylation sites (tertiary alicyclic amines) is 1. The van der Waals surface area contributed by atoms with Gasteiger partial charge in [0.15, 0.2) is 0 Å². The van der Waals surface area contributed by atoms with E-state index < -0.39 is 18.1 Å². The Morgan fingerprint density at radius 1 is 0.938 bits per heavy atom. The van der Waals surface area contributed by atoms with Crippen LogP contribution in [-0.2, 0) is 22.4 Å². The topological polar surface area (TPSA) is 98.2 Å². The van der Waals surface area contributed by atoms with Crippen molar-refractivity contribution >= 4 is 52.2 Å². The molecule has 7 nitrogen and oxygen atoms in total. The lowest BCUT2D eigenvalue weighted by Gasteiger charge is -2.38. The summed E-state index contributed by atoms with van der Waals surface area (Å²) in [4.78, 5) is 36.2. The number of hydrogen-bond acceptors (Lipinski definition) is 4. The molecule has 1 heterocycles. The molecule has 0 aromatic heterocycles. The minimum absolute atomic E-state index is 0.0115. The number of nitrogens with zero attached hydrogens (tertiary/aromatic N) is 2.